The molecule has 0 aromatic carbocycles. The van der Waals surface area contributed by atoms with Crippen molar-refractivity contribution >= 4 is 29.7 Å². The number of carbonyl (C=O) groups is 1. The Kier molecular flexibility index (Phi) is 5.48. The second-order valence-corrected chi connectivity index (χ2v) is 8.98. The molecular formula is C19H26ClN5O2S. The van der Waals surface area contributed by atoms with E-state index in [1.54, 1.807) is 11.3 Å². The molecule has 1 saturated heterocycles. The van der Waals surface area contributed by atoms with Crippen molar-refractivity contribution in [2.45, 2.75) is 44.8 Å². The molecule has 1 unspecified atom stereocenters. The Bertz CT molecular complexity index is 874. The lowest BCUT2D eigenvalue weighted by Crippen LogP contribution is -2.44. The number of amides is 1. The number of hydrogen-bond donors (Lipinski definition) is 2. The van der Waals surface area contributed by atoms with Gasteiger partial charge in [0.05, 0.1) is 17.1 Å². The van der Waals surface area contributed by atoms with Crippen LogP contribution < -0.4 is 10.6 Å². The van der Waals surface area contributed by atoms with Gasteiger partial charge in [-0.2, -0.15) is 0 Å². The number of nitrogens with zero attached hydrogens (tertiary/aromatic N) is 3. The van der Waals surface area contributed by atoms with Crippen LogP contribution in [0, 0.1) is 12.8 Å². The van der Waals surface area contributed by atoms with Crippen LogP contribution in [0.4, 0.5) is 0 Å². The fourth-order valence-corrected chi connectivity index (χ4v) is 5.78. The highest BCUT2D eigenvalue weighted by Crippen LogP contribution is 2.43. The first-order valence-corrected chi connectivity index (χ1v) is 10.6. The van der Waals surface area contributed by atoms with Crippen molar-refractivity contribution in [3.05, 3.63) is 33.0 Å². The summed E-state index contributed by atoms with van der Waals surface area (Å²) in [4.78, 5) is 14.9. The summed E-state index contributed by atoms with van der Waals surface area (Å²) < 4.78 is 8.38. The van der Waals surface area contributed by atoms with Gasteiger partial charge in [0.1, 0.15) is 11.6 Å². The van der Waals surface area contributed by atoms with E-state index in [9.17, 15) is 4.79 Å². The summed E-state index contributed by atoms with van der Waals surface area (Å²) in [6.07, 6.45) is 3.77. The summed E-state index contributed by atoms with van der Waals surface area (Å²) >= 11 is 1.64. The number of fused-ring (bicyclic) bond motifs is 3. The van der Waals surface area contributed by atoms with Gasteiger partial charge in [-0.3, -0.25) is 4.79 Å². The first-order valence-electron chi connectivity index (χ1n) is 9.79. The number of aromatic nitrogens is 3. The van der Waals surface area contributed by atoms with E-state index < -0.39 is 0 Å². The molecule has 0 bridgehead atoms. The number of halogens is 1. The van der Waals surface area contributed by atoms with E-state index in [4.69, 9.17) is 4.74 Å². The summed E-state index contributed by atoms with van der Waals surface area (Å²) in [5.41, 5.74) is 1.08. The number of piperidine rings is 1. The van der Waals surface area contributed by atoms with E-state index in [1.165, 1.54) is 10.4 Å². The lowest BCUT2D eigenvalue weighted by atomic mass is 9.83. The Balaban J connectivity index is 0.00000192. The van der Waals surface area contributed by atoms with Crippen molar-refractivity contribution in [3.8, 4) is 0 Å². The molecule has 1 amide bonds. The molecule has 0 saturated carbocycles. The van der Waals surface area contributed by atoms with Crippen molar-refractivity contribution in [1.82, 2.24) is 25.4 Å². The summed E-state index contributed by atoms with van der Waals surface area (Å²) in [5.74, 6) is 2.42. The van der Waals surface area contributed by atoms with Crippen LogP contribution in [0.25, 0.3) is 0 Å². The van der Waals surface area contributed by atoms with Gasteiger partial charge in [0.2, 0.25) is 0 Å². The lowest BCUT2D eigenvalue weighted by Gasteiger charge is -2.40. The largest absolute Gasteiger partial charge is 0.370 e. The second-order valence-electron chi connectivity index (χ2n) is 7.84. The van der Waals surface area contributed by atoms with Crippen molar-refractivity contribution in [2.24, 2.45) is 5.92 Å². The summed E-state index contributed by atoms with van der Waals surface area (Å²) in [5, 5.41) is 14.9. The highest BCUT2D eigenvalue weighted by Gasteiger charge is 2.40. The Morgan fingerprint density at radius 1 is 1.43 bits per heavy atom. The average Bonchev–Trinajstić information content (AvgIpc) is 3.37. The number of thiophene rings is 1. The second kappa shape index (κ2) is 7.74. The summed E-state index contributed by atoms with van der Waals surface area (Å²) in [7, 11) is 0. The Labute approximate surface area is 174 Å². The molecule has 0 aliphatic carbocycles. The van der Waals surface area contributed by atoms with Gasteiger partial charge >= 0.3 is 0 Å². The molecular weight excluding hydrogens is 398 g/mol. The number of rotatable bonds is 3. The SMILES string of the molecule is Cc1nnc2n1CC(CNC(=O)c1cc3c(s1)CCOC31CCNCC1)C2.Cl. The van der Waals surface area contributed by atoms with Gasteiger partial charge in [0.25, 0.3) is 5.91 Å². The highest BCUT2D eigenvalue weighted by molar-refractivity contribution is 7.14. The Morgan fingerprint density at radius 3 is 3.04 bits per heavy atom. The monoisotopic (exact) mass is 423 g/mol. The van der Waals surface area contributed by atoms with Gasteiger partial charge in [0, 0.05) is 36.7 Å². The van der Waals surface area contributed by atoms with Crippen LogP contribution in [-0.4, -0.2) is 46.9 Å². The van der Waals surface area contributed by atoms with Crippen molar-refractivity contribution < 1.29 is 9.53 Å². The molecule has 5 heterocycles. The minimum atomic E-state index is -0.182. The van der Waals surface area contributed by atoms with Gasteiger partial charge < -0.3 is 19.9 Å². The van der Waals surface area contributed by atoms with Gasteiger partial charge in [-0.15, -0.1) is 33.9 Å². The van der Waals surface area contributed by atoms with Crippen LogP contribution in [0.1, 0.15) is 44.6 Å². The zero-order valence-electron chi connectivity index (χ0n) is 16.0. The molecule has 7 nitrogen and oxygen atoms in total. The number of carbonyl (C=O) groups excluding carboxylic acids is 1. The number of aryl methyl sites for hydroxylation is 1. The first-order chi connectivity index (χ1) is 13.1. The van der Waals surface area contributed by atoms with Crippen LogP contribution in [0.2, 0.25) is 0 Å². The van der Waals surface area contributed by atoms with Gasteiger partial charge in [0.15, 0.2) is 0 Å². The molecule has 3 aliphatic heterocycles. The van der Waals surface area contributed by atoms with Gasteiger partial charge in [-0.25, -0.2) is 0 Å². The molecule has 2 N–H and O–H groups in total. The fourth-order valence-electron chi connectivity index (χ4n) is 4.63. The van der Waals surface area contributed by atoms with Crippen LogP contribution >= 0.6 is 23.7 Å². The minimum Gasteiger partial charge on any atom is -0.370 e. The smallest absolute Gasteiger partial charge is 0.261 e. The molecule has 0 radical (unpaired) electrons. The average molecular weight is 424 g/mol. The minimum absolute atomic E-state index is 0. The van der Waals surface area contributed by atoms with Crippen molar-refractivity contribution in [1.29, 1.82) is 0 Å². The maximum Gasteiger partial charge on any atom is 0.261 e. The van der Waals surface area contributed by atoms with Crippen LogP contribution in [0.5, 0.6) is 0 Å². The van der Waals surface area contributed by atoms with E-state index in [-0.39, 0.29) is 23.9 Å². The Hall–Kier alpha value is -1.48. The van der Waals surface area contributed by atoms with Crippen molar-refractivity contribution in [2.75, 3.05) is 26.2 Å². The molecule has 3 aliphatic rings. The predicted octanol–water partition coefficient (Wildman–Crippen LogP) is 1.82. The normalized spacial score (nSPS) is 22.4. The standard InChI is InChI=1S/C19H25N5O2S.ClH/c1-12-22-23-17-8-13(11-24(12)17)10-21-18(25)16-9-14-15(27-16)2-7-26-19(14)3-5-20-6-4-19;/h9,13,20H,2-8,10-11H2,1H3,(H,21,25);1H. The van der Waals surface area contributed by atoms with Gasteiger partial charge in [-0.1, -0.05) is 0 Å². The molecule has 1 atom stereocenters. The number of ether oxygens (including phenoxy) is 1. The zero-order valence-corrected chi connectivity index (χ0v) is 17.6. The van der Waals surface area contributed by atoms with E-state index in [0.29, 0.717) is 12.5 Å². The molecule has 5 rings (SSSR count). The molecule has 2 aromatic rings. The maximum absolute atomic E-state index is 12.8. The molecule has 1 fully saturated rings. The first kappa shape index (κ1) is 19.8. The summed E-state index contributed by atoms with van der Waals surface area (Å²) in [6, 6.07) is 2.09. The third-order valence-corrected chi connectivity index (χ3v) is 7.31. The zero-order chi connectivity index (χ0) is 18.4. The van der Waals surface area contributed by atoms with Crippen LogP contribution in [0.15, 0.2) is 6.07 Å². The fraction of sp³-hybridized carbons (Fsp3) is 0.632. The number of hydrogen-bond acceptors (Lipinski definition) is 6. The third-order valence-electron chi connectivity index (χ3n) is 6.12. The lowest BCUT2D eigenvalue weighted by molar-refractivity contribution is -0.0792. The van der Waals surface area contributed by atoms with E-state index in [1.807, 2.05) is 6.92 Å². The molecule has 1 spiro atoms. The molecule has 2 aromatic heterocycles. The van der Waals surface area contributed by atoms with E-state index >= 15 is 0 Å². The Morgan fingerprint density at radius 2 is 2.25 bits per heavy atom. The van der Waals surface area contributed by atoms with E-state index in [2.05, 4.69) is 31.5 Å². The molecule has 28 heavy (non-hydrogen) atoms. The quantitative estimate of drug-likeness (QED) is 0.787. The topological polar surface area (TPSA) is 81.1 Å². The van der Waals surface area contributed by atoms with Crippen LogP contribution in [-0.2, 0) is 29.7 Å². The summed E-state index contributed by atoms with van der Waals surface area (Å²) in [6.45, 7) is 6.25. The third kappa shape index (κ3) is 3.36. The van der Waals surface area contributed by atoms with Crippen LogP contribution in [0.3, 0.4) is 0 Å². The van der Waals surface area contributed by atoms with E-state index in [0.717, 1.165) is 68.5 Å². The molecule has 9 heteroatoms. The highest BCUT2D eigenvalue weighted by atomic mass is 35.5. The molecule has 152 valence electrons. The van der Waals surface area contributed by atoms with Crippen molar-refractivity contribution in [3.63, 3.8) is 0 Å². The predicted molar refractivity (Wildman–Crippen MR) is 109 cm³/mol. The maximum atomic E-state index is 12.8. The number of nitrogens with one attached hydrogen (secondary N) is 2. The van der Waals surface area contributed by atoms with Gasteiger partial charge in [-0.05, 0) is 44.5 Å².